The lowest BCUT2D eigenvalue weighted by Gasteiger charge is -2.17. The highest BCUT2D eigenvalue weighted by Crippen LogP contribution is 2.54. The van der Waals surface area contributed by atoms with Crippen LogP contribution in [-0.2, 0) is 10.3 Å². The maximum absolute atomic E-state index is 10.4. The van der Waals surface area contributed by atoms with Gasteiger partial charge in [-0.15, -0.1) is 0 Å². The Balaban J connectivity index is 2.66. The van der Waals surface area contributed by atoms with Crippen molar-refractivity contribution in [2.24, 2.45) is 4.99 Å². The molecule has 1 N–H and O–H groups in total. The summed E-state index contributed by atoms with van der Waals surface area (Å²) in [6.07, 6.45) is 3.30. The molecular weight excluding hydrogens is 270 g/mol. The van der Waals surface area contributed by atoms with Crippen LogP contribution < -0.4 is 0 Å². The maximum atomic E-state index is 10.4. The van der Waals surface area contributed by atoms with E-state index in [0.29, 0.717) is 0 Å². The first-order chi connectivity index (χ1) is 7.52. The van der Waals surface area contributed by atoms with Crippen LogP contribution >= 0.6 is 15.9 Å². The van der Waals surface area contributed by atoms with Gasteiger partial charge in [0.2, 0.25) is 6.08 Å². The first-order valence-electron chi connectivity index (χ1n) is 5.10. The third-order valence-corrected chi connectivity index (χ3v) is 3.76. The number of hydrogen-bond donors (Lipinski definition) is 1. The van der Waals surface area contributed by atoms with Gasteiger partial charge in [-0.2, -0.15) is 4.99 Å². The molecule has 0 atom stereocenters. The SMILES string of the molecule is Cc1cc(Br)c(C2(N=C=O)CC2)c(C)c1O. The number of rotatable bonds is 2. The molecule has 0 unspecified atom stereocenters. The molecule has 0 radical (unpaired) electrons. The molecular formula is C12H12BrNO2. The maximum Gasteiger partial charge on any atom is 0.235 e. The van der Waals surface area contributed by atoms with Crippen molar-refractivity contribution in [2.45, 2.75) is 32.2 Å². The van der Waals surface area contributed by atoms with Gasteiger partial charge in [-0.25, -0.2) is 4.79 Å². The minimum Gasteiger partial charge on any atom is -0.507 e. The van der Waals surface area contributed by atoms with Crippen molar-refractivity contribution in [3.63, 3.8) is 0 Å². The Morgan fingerprint density at radius 3 is 2.62 bits per heavy atom. The molecule has 0 bridgehead atoms. The number of halogens is 1. The van der Waals surface area contributed by atoms with E-state index in [-0.39, 0.29) is 5.75 Å². The highest BCUT2D eigenvalue weighted by Gasteiger charge is 2.47. The van der Waals surface area contributed by atoms with Gasteiger partial charge in [0.15, 0.2) is 0 Å². The Bertz CT molecular complexity index is 500. The highest BCUT2D eigenvalue weighted by molar-refractivity contribution is 9.10. The van der Waals surface area contributed by atoms with E-state index < -0.39 is 5.54 Å². The lowest BCUT2D eigenvalue weighted by atomic mass is 9.96. The van der Waals surface area contributed by atoms with Crippen molar-refractivity contribution in [1.82, 2.24) is 0 Å². The molecule has 0 amide bonds. The topological polar surface area (TPSA) is 49.7 Å². The van der Waals surface area contributed by atoms with Crippen LogP contribution in [0.5, 0.6) is 5.75 Å². The minimum absolute atomic E-state index is 0.283. The van der Waals surface area contributed by atoms with Crippen LogP contribution in [0.1, 0.15) is 29.5 Å². The average molecular weight is 282 g/mol. The van der Waals surface area contributed by atoms with Gasteiger partial charge in [0, 0.05) is 10.0 Å². The monoisotopic (exact) mass is 281 g/mol. The minimum atomic E-state index is -0.449. The molecule has 0 aliphatic heterocycles. The van der Waals surface area contributed by atoms with Gasteiger partial charge in [-0.05, 0) is 43.9 Å². The number of benzene rings is 1. The summed E-state index contributed by atoms with van der Waals surface area (Å²) in [6, 6.07) is 1.86. The van der Waals surface area contributed by atoms with Gasteiger partial charge in [0.25, 0.3) is 0 Å². The Hall–Kier alpha value is -1.12. The van der Waals surface area contributed by atoms with Gasteiger partial charge < -0.3 is 5.11 Å². The van der Waals surface area contributed by atoms with Crippen molar-refractivity contribution in [2.75, 3.05) is 0 Å². The lowest BCUT2D eigenvalue weighted by molar-refractivity contribution is 0.464. The van der Waals surface area contributed by atoms with Gasteiger partial charge in [-0.3, -0.25) is 0 Å². The average Bonchev–Trinajstić information content (AvgIpc) is 2.96. The van der Waals surface area contributed by atoms with Crippen molar-refractivity contribution >= 4 is 22.0 Å². The molecule has 3 nitrogen and oxygen atoms in total. The quantitative estimate of drug-likeness (QED) is 0.669. The van der Waals surface area contributed by atoms with E-state index in [9.17, 15) is 9.90 Å². The summed E-state index contributed by atoms with van der Waals surface area (Å²) < 4.78 is 0.900. The first-order valence-corrected chi connectivity index (χ1v) is 5.89. The number of phenolic OH excluding ortho intramolecular Hbond substituents is 1. The molecule has 1 aromatic rings. The number of aryl methyl sites for hydroxylation is 1. The van der Waals surface area contributed by atoms with E-state index >= 15 is 0 Å². The number of aromatic hydroxyl groups is 1. The molecule has 1 aliphatic rings. The predicted molar refractivity (Wildman–Crippen MR) is 64.3 cm³/mol. The van der Waals surface area contributed by atoms with E-state index in [0.717, 1.165) is 34.0 Å². The Labute approximate surface area is 102 Å². The second-order valence-electron chi connectivity index (χ2n) is 4.26. The fourth-order valence-corrected chi connectivity index (χ4v) is 3.13. The summed E-state index contributed by atoms with van der Waals surface area (Å²) in [5.74, 6) is 0.283. The van der Waals surface area contributed by atoms with Gasteiger partial charge in [0.1, 0.15) is 5.75 Å². The third kappa shape index (κ3) is 1.58. The van der Waals surface area contributed by atoms with Crippen LogP contribution in [0.4, 0.5) is 0 Å². The normalized spacial score (nSPS) is 16.7. The van der Waals surface area contributed by atoms with E-state index in [1.165, 1.54) is 0 Å². The molecule has 84 valence electrons. The van der Waals surface area contributed by atoms with Crippen LogP contribution in [0.3, 0.4) is 0 Å². The summed E-state index contributed by atoms with van der Waals surface area (Å²) in [4.78, 5) is 14.3. The van der Waals surface area contributed by atoms with Crippen LogP contribution in [0, 0.1) is 13.8 Å². The fourth-order valence-electron chi connectivity index (χ4n) is 2.12. The van der Waals surface area contributed by atoms with Crippen molar-refractivity contribution in [3.8, 4) is 5.75 Å². The molecule has 1 aromatic carbocycles. The predicted octanol–water partition coefficient (Wildman–Crippen LogP) is 3.10. The summed E-state index contributed by atoms with van der Waals surface area (Å²) >= 11 is 3.48. The zero-order valence-electron chi connectivity index (χ0n) is 9.17. The largest absolute Gasteiger partial charge is 0.507 e. The molecule has 4 heteroatoms. The number of aliphatic imine (C=N–C) groups is 1. The molecule has 0 aromatic heterocycles. The Morgan fingerprint density at radius 1 is 1.50 bits per heavy atom. The van der Waals surface area contributed by atoms with Gasteiger partial charge in [-0.1, -0.05) is 15.9 Å². The number of nitrogens with zero attached hydrogens (tertiary/aromatic N) is 1. The molecule has 2 rings (SSSR count). The molecule has 16 heavy (non-hydrogen) atoms. The second kappa shape index (κ2) is 3.72. The van der Waals surface area contributed by atoms with Gasteiger partial charge in [0.05, 0.1) is 5.54 Å². The van der Waals surface area contributed by atoms with E-state index in [1.54, 1.807) is 6.08 Å². The summed E-state index contributed by atoms with van der Waals surface area (Å²) in [5, 5.41) is 9.91. The zero-order valence-corrected chi connectivity index (χ0v) is 10.8. The zero-order chi connectivity index (χ0) is 11.9. The lowest BCUT2D eigenvalue weighted by Crippen LogP contribution is -2.07. The van der Waals surface area contributed by atoms with E-state index in [1.807, 2.05) is 19.9 Å². The third-order valence-electron chi connectivity index (χ3n) is 3.13. The molecule has 0 saturated heterocycles. The van der Waals surface area contributed by atoms with E-state index in [4.69, 9.17) is 0 Å². The molecule has 1 fully saturated rings. The molecule has 1 aliphatic carbocycles. The Morgan fingerprint density at radius 2 is 2.12 bits per heavy atom. The summed E-state index contributed by atoms with van der Waals surface area (Å²) in [7, 11) is 0. The summed E-state index contributed by atoms with van der Waals surface area (Å²) in [5.41, 5.74) is 2.08. The van der Waals surface area contributed by atoms with Gasteiger partial charge >= 0.3 is 0 Å². The fraction of sp³-hybridized carbons (Fsp3) is 0.417. The number of hydrogen-bond acceptors (Lipinski definition) is 3. The molecule has 0 spiro atoms. The van der Waals surface area contributed by atoms with Crippen molar-refractivity contribution in [3.05, 3.63) is 27.2 Å². The smallest absolute Gasteiger partial charge is 0.235 e. The summed E-state index contributed by atoms with van der Waals surface area (Å²) in [6.45, 7) is 3.70. The van der Waals surface area contributed by atoms with Crippen molar-refractivity contribution in [1.29, 1.82) is 0 Å². The van der Waals surface area contributed by atoms with Crippen LogP contribution in [0.15, 0.2) is 15.5 Å². The number of carbonyl (C=O) groups excluding carboxylic acids is 1. The molecule has 1 saturated carbocycles. The van der Waals surface area contributed by atoms with Crippen molar-refractivity contribution < 1.29 is 9.90 Å². The van der Waals surface area contributed by atoms with E-state index in [2.05, 4.69) is 20.9 Å². The molecule has 0 heterocycles. The second-order valence-corrected chi connectivity index (χ2v) is 5.11. The van der Waals surface area contributed by atoms with Crippen LogP contribution in [-0.4, -0.2) is 11.2 Å². The number of isocyanates is 1. The standard InChI is InChI=1S/C12H12BrNO2/c1-7-5-9(13)10(8(2)11(7)16)12(3-4-12)14-6-15/h5,16H,3-4H2,1-2H3. The number of phenols is 1. The first kappa shape index (κ1) is 11.4. The van der Waals surface area contributed by atoms with Crippen LogP contribution in [0.2, 0.25) is 0 Å². The van der Waals surface area contributed by atoms with Crippen LogP contribution in [0.25, 0.3) is 0 Å². The Kier molecular flexibility index (Phi) is 2.64. The highest BCUT2D eigenvalue weighted by atomic mass is 79.9.